The quantitative estimate of drug-likeness (QED) is 0.161. The fourth-order valence-electron chi connectivity index (χ4n) is 4.75. The molecule has 0 bridgehead atoms. The van der Waals surface area contributed by atoms with Crippen molar-refractivity contribution in [2.45, 2.75) is 76.4 Å². The van der Waals surface area contributed by atoms with Crippen molar-refractivity contribution in [1.82, 2.24) is 25.8 Å². The maximum atomic E-state index is 12.8. The molecule has 210 valence electrons. The Balaban J connectivity index is 1.18. The van der Waals surface area contributed by atoms with Gasteiger partial charge in [-0.25, -0.2) is 10.2 Å². The number of aromatic nitrogens is 3. The molecular formula is C29H33ClN6O4. The summed E-state index contributed by atoms with van der Waals surface area (Å²) in [6, 6.07) is 14.5. The van der Waals surface area contributed by atoms with Crippen molar-refractivity contribution < 1.29 is 19.5 Å². The summed E-state index contributed by atoms with van der Waals surface area (Å²) < 4.78 is 7.74. The van der Waals surface area contributed by atoms with Crippen LogP contribution >= 0.6 is 11.6 Å². The Kier molecular flexibility index (Phi) is 10.5. The lowest BCUT2D eigenvalue weighted by Crippen LogP contribution is -2.39. The topological polar surface area (TPSA) is 142 Å². The van der Waals surface area contributed by atoms with Gasteiger partial charge in [0.2, 0.25) is 5.91 Å². The third kappa shape index (κ3) is 8.28. The SMILES string of the molecule is N#Cc1ccc(OC2CCC(NC(=O)c3ccc(-n4cc(CCCCCCC(=O)NO)nn4)cc3)CC2)cc1Cl. The van der Waals surface area contributed by atoms with Crippen molar-refractivity contribution in [2.24, 2.45) is 0 Å². The summed E-state index contributed by atoms with van der Waals surface area (Å²) in [4.78, 5) is 23.8. The van der Waals surface area contributed by atoms with E-state index in [1.54, 1.807) is 40.5 Å². The molecular weight excluding hydrogens is 532 g/mol. The number of nitrogens with zero attached hydrogens (tertiary/aromatic N) is 4. The van der Waals surface area contributed by atoms with Crippen molar-refractivity contribution in [3.8, 4) is 17.5 Å². The zero-order chi connectivity index (χ0) is 28.3. The lowest BCUT2D eigenvalue weighted by molar-refractivity contribution is -0.129. The van der Waals surface area contributed by atoms with E-state index in [9.17, 15) is 9.59 Å². The highest BCUT2D eigenvalue weighted by molar-refractivity contribution is 6.31. The molecule has 2 amide bonds. The molecule has 0 spiro atoms. The number of halogens is 1. The molecule has 0 aliphatic heterocycles. The van der Waals surface area contributed by atoms with Gasteiger partial charge in [-0.1, -0.05) is 29.7 Å². The van der Waals surface area contributed by atoms with E-state index in [0.717, 1.165) is 69.2 Å². The van der Waals surface area contributed by atoms with Crippen LogP contribution in [0.4, 0.5) is 0 Å². The van der Waals surface area contributed by atoms with Crippen LogP contribution in [-0.4, -0.2) is 44.2 Å². The van der Waals surface area contributed by atoms with Crippen LogP contribution in [0.2, 0.25) is 5.02 Å². The normalized spacial score (nSPS) is 16.6. The van der Waals surface area contributed by atoms with Crippen molar-refractivity contribution in [2.75, 3.05) is 0 Å². The minimum Gasteiger partial charge on any atom is -0.490 e. The summed E-state index contributed by atoms with van der Waals surface area (Å²) in [6.45, 7) is 0. The van der Waals surface area contributed by atoms with Crippen LogP contribution in [0.5, 0.6) is 5.75 Å². The molecule has 0 radical (unpaired) electrons. The summed E-state index contributed by atoms with van der Waals surface area (Å²) in [5.74, 6) is 0.191. The van der Waals surface area contributed by atoms with Gasteiger partial charge in [-0.2, -0.15) is 5.26 Å². The van der Waals surface area contributed by atoms with Gasteiger partial charge >= 0.3 is 0 Å². The lowest BCUT2D eigenvalue weighted by atomic mass is 9.92. The van der Waals surface area contributed by atoms with E-state index < -0.39 is 0 Å². The van der Waals surface area contributed by atoms with Crippen molar-refractivity contribution in [3.05, 3.63) is 70.5 Å². The summed E-state index contributed by atoms with van der Waals surface area (Å²) in [7, 11) is 0. The number of aryl methyl sites for hydroxylation is 1. The summed E-state index contributed by atoms with van der Waals surface area (Å²) in [6.07, 6.45) is 9.88. The maximum Gasteiger partial charge on any atom is 0.251 e. The van der Waals surface area contributed by atoms with Crippen LogP contribution in [0.25, 0.3) is 5.69 Å². The Morgan fingerprint density at radius 2 is 1.82 bits per heavy atom. The fourth-order valence-corrected chi connectivity index (χ4v) is 4.96. The second-order valence-electron chi connectivity index (χ2n) is 9.97. The van der Waals surface area contributed by atoms with Gasteiger partial charge in [-0.3, -0.25) is 14.8 Å². The molecule has 1 aliphatic carbocycles. The first-order valence-electron chi connectivity index (χ1n) is 13.6. The number of unbranched alkanes of at least 4 members (excludes halogenated alkanes) is 3. The third-order valence-electron chi connectivity index (χ3n) is 7.02. The maximum absolute atomic E-state index is 12.8. The van der Waals surface area contributed by atoms with Crippen LogP contribution in [0, 0.1) is 11.3 Å². The molecule has 0 saturated heterocycles. The Morgan fingerprint density at radius 1 is 1.07 bits per heavy atom. The van der Waals surface area contributed by atoms with Gasteiger partial charge in [-0.05, 0) is 81.3 Å². The van der Waals surface area contributed by atoms with Crippen molar-refractivity contribution in [3.63, 3.8) is 0 Å². The van der Waals surface area contributed by atoms with E-state index in [-0.39, 0.29) is 24.0 Å². The monoisotopic (exact) mass is 564 g/mol. The predicted octanol–water partition coefficient (Wildman–Crippen LogP) is 4.91. The summed E-state index contributed by atoms with van der Waals surface area (Å²) in [5, 5.41) is 29.5. The highest BCUT2D eigenvalue weighted by Gasteiger charge is 2.24. The fraction of sp³-hybridized carbons (Fsp3) is 0.414. The number of hydrogen-bond acceptors (Lipinski definition) is 7. The van der Waals surface area contributed by atoms with Gasteiger partial charge in [0.05, 0.1) is 34.3 Å². The van der Waals surface area contributed by atoms with E-state index >= 15 is 0 Å². The first kappa shape index (κ1) is 29.1. The molecule has 40 heavy (non-hydrogen) atoms. The molecule has 1 saturated carbocycles. The molecule has 3 N–H and O–H groups in total. The van der Waals surface area contributed by atoms with Crippen molar-refractivity contribution >= 4 is 23.4 Å². The number of hydroxylamine groups is 1. The molecule has 1 aromatic heterocycles. The molecule has 0 atom stereocenters. The Hall–Kier alpha value is -3.94. The van der Waals surface area contributed by atoms with Gasteiger partial charge < -0.3 is 10.1 Å². The number of benzene rings is 2. The van der Waals surface area contributed by atoms with Crippen LogP contribution in [0.15, 0.2) is 48.7 Å². The summed E-state index contributed by atoms with van der Waals surface area (Å²) >= 11 is 6.10. The van der Waals surface area contributed by atoms with Crippen LogP contribution in [-0.2, 0) is 11.2 Å². The van der Waals surface area contributed by atoms with Gasteiger partial charge in [-0.15, -0.1) is 5.10 Å². The number of ether oxygens (including phenoxy) is 1. The number of carbonyl (C=O) groups is 2. The highest BCUT2D eigenvalue weighted by atomic mass is 35.5. The second kappa shape index (κ2) is 14.4. The van der Waals surface area contributed by atoms with Crippen LogP contribution < -0.4 is 15.5 Å². The molecule has 1 heterocycles. The third-order valence-corrected chi connectivity index (χ3v) is 7.33. The number of hydrogen-bond donors (Lipinski definition) is 3. The van der Waals surface area contributed by atoms with E-state index in [2.05, 4.69) is 15.6 Å². The number of carbonyl (C=O) groups excluding carboxylic acids is 2. The zero-order valence-electron chi connectivity index (χ0n) is 22.2. The van der Waals surface area contributed by atoms with Crippen LogP contribution in [0.3, 0.4) is 0 Å². The smallest absolute Gasteiger partial charge is 0.251 e. The zero-order valence-corrected chi connectivity index (χ0v) is 22.9. The van der Waals surface area contributed by atoms with Gasteiger partial charge in [0.1, 0.15) is 11.8 Å². The van der Waals surface area contributed by atoms with E-state index in [0.29, 0.717) is 28.3 Å². The van der Waals surface area contributed by atoms with Crippen molar-refractivity contribution in [1.29, 1.82) is 5.26 Å². The average molecular weight is 565 g/mol. The van der Waals surface area contributed by atoms with Gasteiger partial charge in [0.15, 0.2) is 0 Å². The molecule has 1 aliphatic rings. The standard InChI is InChI=1S/C29H33ClN6O4/c30-27-17-26(14-9-21(27)18-31)40-25-15-10-22(11-16-25)32-29(38)20-7-12-24(13-8-20)36-19-23(33-35-36)5-3-1-2-4-6-28(37)34-39/h7-9,12-14,17,19,22,25,39H,1-6,10-11,15-16H2,(H,32,38)(H,34,37). The second-order valence-corrected chi connectivity index (χ2v) is 10.4. The Labute approximate surface area is 238 Å². The van der Waals surface area contributed by atoms with E-state index in [4.69, 9.17) is 26.8 Å². The Bertz CT molecular complexity index is 1330. The van der Waals surface area contributed by atoms with Gasteiger partial charge in [0, 0.05) is 24.1 Å². The molecule has 4 rings (SSSR count). The molecule has 0 unspecified atom stereocenters. The highest BCUT2D eigenvalue weighted by Crippen LogP contribution is 2.27. The Morgan fingerprint density at radius 3 is 2.52 bits per heavy atom. The lowest BCUT2D eigenvalue weighted by Gasteiger charge is -2.29. The minimum absolute atomic E-state index is 0.0455. The van der Waals surface area contributed by atoms with Crippen LogP contribution in [0.1, 0.15) is 79.4 Å². The van der Waals surface area contributed by atoms with E-state index in [1.165, 1.54) is 0 Å². The molecule has 11 heteroatoms. The largest absolute Gasteiger partial charge is 0.490 e. The first-order chi connectivity index (χ1) is 19.4. The molecule has 10 nitrogen and oxygen atoms in total. The number of amides is 2. The van der Waals surface area contributed by atoms with Gasteiger partial charge in [0.25, 0.3) is 5.91 Å². The summed E-state index contributed by atoms with van der Waals surface area (Å²) in [5.41, 5.74) is 4.37. The first-order valence-corrected chi connectivity index (χ1v) is 13.9. The molecule has 3 aromatic rings. The number of nitrogens with one attached hydrogen (secondary N) is 2. The number of rotatable bonds is 12. The molecule has 1 fully saturated rings. The average Bonchev–Trinajstić information content (AvgIpc) is 3.45. The molecule has 2 aromatic carbocycles. The predicted molar refractivity (Wildman–Crippen MR) is 148 cm³/mol. The number of nitriles is 1. The minimum atomic E-state index is -0.354. The van der Waals surface area contributed by atoms with E-state index in [1.807, 2.05) is 24.4 Å².